The summed E-state index contributed by atoms with van der Waals surface area (Å²) in [5, 5.41) is 19.1. The predicted molar refractivity (Wildman–Crippen MR) is 37.5 cm³/mol. The van der Waals surface area contributed by atoms with Crippen LogP contribution >= 0.6 is 0 Å². The van der Waals surface area contributed by atoms with Crippen molar-refractivity contribution in [1.29, 1.82) is 0 Å². The molecule has 2 N–H and O–H groups in total. The molecule has 0 aromatic heterocycles. The summed E-state index contributed by atoms with van der Waals surface area (Å²) in [6.45, 7) is 0. The molecule has 0 aliphatic heterocycles. The van der Waals surface area contributed by atoms with Crippen molar-refractivity contribution >= 4 is 0 Å². The van der Waals surface area contributed by atoms with E-state index in [-0.39, 0.29) is 0 Å². The van der Waals surface area contributed by atoms with E-state index in [9.17, 15) is 10.2 Å². The number of rotatable bonds is 0. The number of aliphatic hydroxyl groups excluding tert-OH is 1. The van der Waals surface area contributed by atoms with Crippen LogP contribution in [-0.4, -0.2) is 21.9 Å². The first-order valence-electron chi connectivity index (χ1n) is 4.11. The third kappa shape index (κ3) is 0.789. The summed E-state index contributed by atoms with van der Waals surface area (Å²) < 4.78 is 0. The fraction of sp³-hybridized carbons (Fsp3) is 1.00. The molecule has 2 aliphatic carbocycles. The Morgan fingerprint density at radius 2 is 2.20 bits per heavy atom. The van der Waals surface area contributed by atoms with Crippen molar-refractivity contribution in [3.63, 3.8) is 0 Å². The van der Waals surface area contributed by atoms with Gasteiger partial charge in [0.15, 0.2) is 0 Å². The lowest BCUT2D eigenvalue weighted by atomic mass is 9.85. The zero-order chi connectivity index (χ0) is 7.19. The molecule has 2 rings (SSSR count). The first-order chi connectivity index (χ1) is 4.71. The van der Waals surface area contributed by atoms with Crippen LogP contribution in [0.5, 0.6) is 0 Å². The van der Waals surface area contributed by atoms with Crippen LogP contribution < -0.4 is 0 Å². The summed E-state index contributed by atoms with van der Waals surface area (Å²) in [5.41, 5.74) is -0.692. The van der Waals surface area contributed by atoms with Crippen LogP contribution in [-0.2, 0) is 0 Å². The largest absolute Gasteiger partial charge is 0.390 e. The van der Waals surface area contributed by atoms with Gasteiger partial charge in [-0.3, -0.25) is 0 Å². The minimum atomic E-state index is -0.692. The molecule has 10 heavy (non-hydrogen) atoms. The van der Waals surface area contributed by atoms with Crippen molar-refractivity contribution in [2.75, 3.05) is 0 Å². The highest BCUT2D eigenvalue weighted by atomic mass is 16.3. The van der Waals surface area contributed by atoms with Gasteiger partial charge in [0.05, 0.1) is 11.7 Å². The zero-order valence-corrected chi connectivity index (χ0v) is 6.08. The van der Waals surface area contributed by atoms with Gasteiger partial charge in [0, 0.05) is 0 Å². The Balaban J connectivity index is 2.18. The van der Waals surface area contributed by atoms with E-state index < -0.39 is 11.7 Å². The summed E-state index contributed by atoms with van der Waals surface area (Å²) in [4.78, 5) is 0. The standard InChI is InChI=1S/C8H14O2/c9-7-4-6-2-1-3-8(7,10)5-6/h6-7,9-10H,1-5H2/t6-,7-,8+/m1/s1. The Morgan fingerprint density at radius 3 is 2.80 bits per heavy atom. The van der Waals surface area contributed by atoms with E-state index in [4.69, 9.17) is 0 Å². The van der Waals surface area contributed by atoms with Crippen LogP contribution in [0.1, 0.15) is 32.1 Å². The minimum Gasteiger partial charge on any atom is -0.390 e. The second kappa shape index (κ2) is 1.95. The molecule has 0 unspecified atom stereocenters. The normalized spacial score (nSPS) is 53.4. The van der Waals surface area contributed by atoms with Crippen molar-refractivity contribution in [2.24, 2.45) is 5.92 Å². The lowest BCUT2D eigenvalue weighted by Gasteiger charge is -2.29. The summed E-state index contributed by atoms with van der Waals surface area (Å²) >= 11 is 0. The van der Waals surface area contributed by atoms with Crippen molar-refractivity contribution in [2.45, 2.75) is 43.8 Å². The second-order valence-electron chi connectivity index (χ2n) is 3.82. The van der Waals surface area contributed by atoms with Gasteiger partial charge in [-0.15, -0.1) is 0 Å². The summed E-state index contributed by atoms with van der Waals surface area (Å²) in [6, 6.07) is 0. The fourth-order valence-corrected chi connectivity index (χ4v) is 2.44. The number of aliphatic hydroxyl groups is 2. The Bertz CT molecular complexity index is 146. The molecular formula is C8H14O2. The van der Waals surface area contributed by atoms with Crippen molar-refractivity contribution in [3.8, 4) is 0 Å². The molecule has 0 saturated heterocycles. The molecule has 2 nitrogen and oxygen atoms in total. The number of hydrogen-bond acceptors (Lipinski definition) is 2. The van der Waals surface area contributed by atoms with Crippen LogP contribution in [0.25, 0.3) is 0 Å². The van der Waals surface area contributed by atoms with Gasteiger partial charge >= 0.3 is 0 Å². The van der Waals surface area contributed by atoms with E-state index in [0.29, 0.717) is 5.92 Å². The van der Waals surface area contributed by atoms with Gasteiger partial charge in [0.25, 0.3) is 0 Å². The van der Waals surface area contributed by atoms with Gasteiger partial charge in [-0.1, -0.05) is 12.8 Å². The van der Waals surface area contributed by atoms with E-state index in [1.54, 1.807) is 0 Å². The molecular weight excluding hydrogens is 128 g/mol. The van der Waals surface area contributed by atoms with Gasteiger partial charge in [0.1, 0.15) is 0 Å². The van der Waals surface area contributed by atoms with Crippen molar-refractivity contribution in [3.05, 3.63) is 0 Å². The average Bonchev–Trinajstić information content (AvgIpc) is 2.04. The zero-order valence-electron chi connectivity index (χ0n) is 6.08. The number of hydrogen-bond donors (Lipinski definition) is 2. The smallest absolute Gasteiger partial charge is 0.0908 e. The van der Waals surface area contributed by atoms with Crippen molar-refractivity contribution < 1.29 is 10.2 Å². The maximum absolute atomic E-state index is 9.74. The molecule has 2 saturated carbocycles. The molecule has 2 fully saturated rings. The molecule has 0 amide bonds. The van der Waals surface area contributed by atoms with Crippen LogP contribution in [0, 0.1) is 5.92 Å². The van der Waals surface area contributed by atoms with E-state index in [2.05, 4.69) is 0 Å². The highest BCUT2D eigenvalue weighted by molar-refractivity contribution is 4.99. The topological polar surface area (TPSA) is 40.5 Å². The lowest BCUT2D eigenvalue weighted by Crippen LogP contribution is -2.37. The van der Waals surface area contributed by atoms with Crippen molar-refractivity contribution in [1.82, 2.24) is 0 Å². The van der Waals surface area contributed by atoms with Gasteiger partial charge in [0.2, 0.25) is 0 Å². The molecule has 0 aromatic rings. The molecule has 2 bridgehead atoms. The first-order valence-corrected chi connectivity index (χ1v) is 4.11. The minimum absolute atomic E-state index is 0.431. The monoisotopic (exact) mass is 142 g/mol. The maximum Gasteiger partial charge on any atom is 0.0908 e. The van der Waals surface area contributed by atoms with Gasteiger partial charge in [-0.25, -0.2) is 0 Å². The Morgan fingerprint density at radius 1 is 1.40 bits per heavy atom. The van der Waals surface area contributed by atoms with Crippen LogP contribution in [0.3, 0.4) is 0 Å². The van der Waals surface area contributed by atoms with Crippen LogP contribution in [0.2, 0.25) is 0 Å². The summed E-state index contributed by atoms with van der Waals surface area (Å²) in [5.74, 6) is 0.605. The fourth-order valence-electron chi connectivity index (χ4n) is 2.44. The Hall–Kier alpha value is -0.0800. The molecule has 0 heterocycles. The average molecular weight is 142 g/mol. The SMILES string of the molecule is O[C@@H]1C[C@H]2CCC[C@]1(O)C2. The molecule has 2 aliphatic rings. The van der Waals surface area contributed by atoms with E-state index in [1.165, 1.54) is 6.42 Å². The Labute approximate surface area is 60.9 Å². The van der Waals surface area contributed by atoms with Gasteiger partial charge in [-0.05, 0) is 25.2 Å². The first kappa shape index (κ1) is 6.62. The molecule has 0 aromatic carbocycles. The lowest BCUT2D eigenvalue weighted by molar-refractivity contribution is -0.0638. The van der Waals surface area contributed by atoms with Gasteiger partial charge < -0.3 is 10.2 Å². The van der Waals surface area contributed by atoms with E-state index >= 15 is 0 Å². The maximum atomic E-state index is 9.74. The molecule has 0 radical (unpaired) electrons. The number of fused-ring (bicyclic) bond motifs is 2. The van der Waals surface area contributed by atoms with E-state index in [1.807, 2.05) is 0 Å². The predicted octanol–water partition coefficient (Wildman–Crippen LogP) is 0.672. The molecule has 2 heteroatoms. The summed E-state index contributed by atoms with van der Waals surface area (Å²) in [6.07, 6.45) is 4.35. The molecule has 3 atom stereocenters. The van der Waals surface area contributed by atoms with Crippen LogP contribution in [0.15, 0.2) is 0 Å². The summed E-state index contributed by atoms with van der Waals surface area (Å²) in [7, 11) is 0. The van der Waals surface area contributed by atoms with Gasteiger partial charge in [-0.2, -0.15) is 0 Å². The third-order valence-corrected chi connectivity index (χ3v) is 3.04. The van der Waals surface area contributed by atoms with E-state index in [0.717, 1.165) is 25.7 Å². The second-order valence-corrected chi connectivity index (χ2v) is 3.82. The third-order valence-electron chi connectivity index (χ3n) is 3.04. The highest BCUT2D eigenvalue weighted by Crippen LogP contribution is 2.44. The molecule has 0 spiro atoms. The Kier molecular flexibility index (Phi) is 1.29. The quantitative estimate of drug-likeness (QED) is 0.522. The highest BCUT2D eigenvalue weighted by Gasteiger charge is 2.47. The van der Waals surface area contributed by atoms with Crippen LogP contribution in [0.4, 0.5) is 0 Å². The molecule has 58 valence electrons.